The summed E-state index contributed by atoms with van der Waals surface area (Å²) < 4.78 is 5.70. The van der Waals surface area contributed by atoms with Gasteiger partial charge < -0.3 is 10.1 Å². The number of nitrogens with one attached hydrogen (secondary N) is 1. The molecule has 1 unspecified atom stereocenters. The van der Waals surface area contributed by atoms with E-state index in [1.807, 2.05) is 32.9 Å². The Morgan fingerprint density at radius 2 is 1.95 bits per heavy atom. The molecule has 2 rings (SSSR count). The van der Waals surface area contributed by atoms with E-state index in [-0.39, 0.29) is 6.10 Å². The number of hydrogen-bond acceptors (Lipinski definition) is 4. The summed E-state index contributed by atoms with van der Waals surface area (Å²) in [5.41, 5.74) is 2.38. The summed E-state index contributed by atoms with van der Waals surface area (Å²) in [7, 11) is 0. The van der Waals surface area contributed by atoms with Crippen molar-refractivity contribution in [3.8, 4) is 5.75 Å². The predicted octanol–water partition coefficient (Wildman–Crippen LogP) is 4.13. The number of hydrogen-bond donors (Lipinski definition) is 1. The average molecular weight is 304 g/mol. The summed E-state index contributed by atoms with van der Waals surface area (Å²) in [5.74, 6) is 0.925. The van der Waals surface area contributed by atoms with Crippen molar-refractivity contribution in [1.82, 2.24) is 10.3 Å². The van der Waals surface area contributed by atoms with Crippen LogP contribution in [0.2, 0.25) is 0 Å². The van der Waals surface area contributed by atoms with Crippen molar-refractivity contribution >= 4 is 11.3 Å². The van der Waals surface area contributed by atoms with Gasteiger partial charge in [0.2, 0.25) is 0 Å². The fraction of sp³-hybridized carbons (Fsp3) is 0.471. The monoisotopic (exact) mass is 304 g/mol. The number of nitrogens with zero attached hydrogens (tertiary/aromatic N) is 1. The normalized spacial score (nSPS) is 12.6. The van der Waals surface area contributed by atoms with Crippen LogP contribution in [-0.2, 0) is 6.42 Å². The summed E-state index contributed by atoms with van der Waals surface area (Å²) in [6.45, 7) is 9.20. The van der Waals surface area contributed by atoms with Gasteiger partial charge in [-0.15, -0.1) is 11.3 Å². The van der Waals surface area contributed by atoms with Crippen LogP contribution in [0.4, 0.5) is 0 Å². The lowest BCUT2D eigenvalue weighted by Gasteiger charge is -2.18. The molecule has 0 amide bonds. The van der Waals surface area contributed by atoms with E-state index in [9.17, 15) is 0 Å². The SMILES string of the molecule is CCNC(Cc1nc(C)cs1)c1ccc(OC(C)C)cc1. The smallest absolute Gasteiger partial charge is 0.119 e. The third-order valence-electron chi connectivity index (χ3n) is 3.15. The van der Waals surface area contributed by atoms with Crippen LogP contribution in [0.25, 0.3) is 0 Å². The van der Waals surface area contributed by atoms with E-state index in [4.69, 9.17) is 4.74 Å². The molecule has 4 heteroatoms. The molecule has 1 aromatic carbocycles. The van der Waals surface area contributed by atoms with Crippen LogP contribution in [-0.4, -0.2) is 17.6 Å². The van der Waals surface area contributed by atoms with Gasteiger partial charge in [-0.1, -0.05) is 19.1 Å². The van der Waals surface area contributed by atoms with Gasteiger partial charge in [-0.3, -0.25) is 0 Å². The second kappa shape index (κ2) is 7.57. The first kappa shape index (κ1) is 16.0. The Morgan fingerprint density at radius 3 is 2.48 bits per heavy atom. The van der Waals surface area contributed by atoms with Gasteiger partial charge in [0.25, 0.3) is 0 Å². The zero-order chi connectivity index (χ0) is 15.2. The Labute approximate surface area is 131 Å². The summed E-state index contributed by atoms with van der Waals surface area (Å²) in [5, 5.41) is 6.83. The first-order chi connectivity index (χ1) is 10.1. The van der Waals surface area contributed by atoms with E-state index in [0.29, 0.717) is 6.04 Å². The van der Waals surface area contributed by atoms with Gasteiger partial charge in [0.05, 0.1) is 11.1 Å². The lowest BCUT2D eigenvalue weighted by molar-refractivity contribution is 0.242. The number of aryl methyl sites for hydroxylation is 1. The van der Waals surface area contributed by atoms with Crippen LogP contribution in [0.3, 0.4) is 0 Å². The first-order valence-corrected chi connectivity index (χ1v) is 8.37. The summed E-state index contributed by atoms with van der Waals surface area (Å²) in [6.07, 6.45) is 1.13. The van der Waals surface area contributed by atoms with Crippen LogP contribution < -0.4 is 10.1 Å². The number of thiazole rings is 1. The van der Waals surface area contributed by atoms with Crippen LogP contribution >= 0.6 is 11.3 Å². The standard InChI is InChI=1S/C17H24N2OS/c1-5-18-16(10-17-19-13(4)11-21-17)14-6-8-15(9-7-14)20-12(2)3/h6-9,11-12,16,18H,5,10H2,1-4H3. The summed E-state index contributed by atoms with van der Waals surface area (Å²) in [4.78, 5) is 4.57. The number of aromatic nitrogens is 1. The third-order valence-corrected chi connectivity index (χ3v) is 4.14. The van der Waals surface area contributed by atoms with E-state index in [1.165, 1.54) is 10.6 Å². The van der Waals surface area contributed by atoms with Crippen molar-refractivity contribution < 1.29 is 4.74 Å². The molecule has 114 valence electrons. The largest absolute Gasteiger partial charge is 0.491 e. The molecule has 1 heterocycles. The maximum atomic E-state index is 5.70. The van der Waals surface area contributed by atoms with Gasteiger partial charge >= 0.3 is 0 Å². The minimum Gasteiger partial charge on any atom is -0.491 e. The van der Waals surface area contributed by atoms with Crippen molar-refractivity contribution in [2.24, 2.45) is 0 Å². The number of rotatable bonds is 7. The molecule has 0 radical (unpaired) electrons. The third kappa shape index (κ3) is 4.83. The van der Waals surface area contributed by atoms with Gasteiger partial charge in [0.15, 0.2) is 0 Å². The molecule has 0 aliphatic carbocycles. The molecule has 0 aliphatic rings. The van der Waals surface area contributed by atoms with Crippen LogP contribution in [0, 0.1) is 6.92 Å². The van der Waals surface area contributed by atoms with E-state index in [0.717, 1.165) is 24.4 Å². The Kier molecular flexibility index (Phi) is 5.76. The zero-order valence-corrected chi connectivity index (χ0v) is 14.0. The van der Waals surface area contributed by atoms with Crippen molar-refractivity contribution in [3.05, 3.63) is 45.9 Å². The van der Waals surface area contributed by atoms with Crippen molar-refractivity contribution in [2.75, 3.05) is 6.54 Å². The van der Waals surface area contributed by atoms with Crippen LogP contribution in [0.1, 0.15) is 43.1 Å². The molecule has 0 aliphatic heterocycles. The molecule has 21 heavy (non-hydrogen) atoms. The van der Waals surface area contributed by atoms with Gasteiger partial charge in [0, 0.05) is 23.5 Å². The van der Waals surface area contributed by atoms with Gasteiger partial charge in [0.1, 0.15) is 5.75 Å². The second-order valence-corrected chi connectivity index (χ2v) is 6.38. The van der Waals surface area contributed by atoms with Gasteiger partial charge in [-0.2, -0.15) is 0 Å². The lowest BCUT2D eigenvalue weighted by atomic mass is 10.0. The van der Waals surface area contributed by atoms with Gasteiger partial charge in [-0.25, -0.2) is 4.98 Å². The molecule has 1 aromatic heterocycles. The maximum absolute atomic E-state index is 5.70. The second-order valence-electron chi connectivity index (χ2n) is 5.43. The van der Waals surface area contributed by atoms with Gasteiger partial charge in [-0.05, 0) is 45.0 Å². The molecule has 0 saturated heterocycles. The van der Waals surface area contributed by atoms with E-state index >= 15 is 0 Å². The molecule has 0 saturated carbocycles. The molecule has 1 N–H and O–H groups in total. The average Bonchev–Trinajstić information content (AvgIpc) is 2.84. The summed E-state index contributed by atoms with van der Waals surface area (Å²) in [6, 6.07) is 8.69. The zero-order valence-electron chi connectivity index (χ0n) is 13.2. The maximum Gasteiger partial charge on any atom is 0.119 e. The van der Waals surface area contributed by atoms with Crippen LogP contribution in [0.5, 0.6) is 5.75 Å². The lowest BCUT2D eigenvalue weighted by Crippen LogP contribution is -2.22. The van der Waals surface area contributed by atoms with E-state index < -0.39 is 0 Å². The molecular weight excluding hydrogens is 280 g/mol. The van der Waals surface area contributed by atoms with Crippen LogP contribution in [0.15, 0.2) is 29.6 Å². The molecule has 3 nitrogen and oxygen atoms in total. The highest BCUT2D eigenvalue weighted by molar-refractivity contribution is 7.09. The molecule has 2 aromatic rings. The molecule has 0 spiro atoms. The molecular formula is C17H24N2OS. The van der Waals surface area contributed by atoms with Crippen molar-refractivity contribution in [1.29, 1.82) is 0 Å². The Morgan fingerprint density at radius 1 is 1.24 bits per heavy atom. The molecule has 1 atom stereocenters. The van der Waals surface area contributed by atoms with E-state index in [1.54, 1.807) is 11.3 Å². The number of benzene rings is 1. The fourth-order valence-electron chi connectivity index (χ4n) is 2.28. The quantitative estimate of drug-likeness (QED) is 0.835. The first-order valence-electron chi connectivity index (χ1n) is 7.49. The highest BCUT2D eigenvalue weighted by Crippen LogP contribution is 2.23. The summed E-state index contributed by atoms with van der Waals surface area (Å²) >= 11 is 1.73. The number of ether oxygens (including phenoxy) is 1. The Balaban J connectivity index is 2.10. The fourth-order valence-corrected chi connectivity index (χ4v) is 3.10. The highest BCUT2D eigenvalue weighted by Gasteiger charge is 2.13. The molecule has 0 fully saturated rings. The van der Waals surface area contributed by atoms with Crippen molar-refractivity contribution in [2.45, 2.75) is 46.3 Å². The van der Waals surface area contributed by atoms with Crippen molar-refractivity contribution in [3.63, 3.8) is 0 Å². The highest BCUT2D eigenvalue weighted by atomic mass is 32.1. The Bertz CT molecular complexity index is 548. The minimum atomic E-state index is 0.207. The molecule has 0 bridgehead atoms. The minimum absolute atomic E-state index is 0.207. The Hall–Kier alpha value is -1.39. The van der Waals surface area contributed by atoms with E-state index in [2.05, 4.69) is 34.7 Å². The predicted molar refractivity (Wildman–Crippen MR) is 89.2 cm³/mol. The topological polar surface area (TPSA) is 34.2 Å². The number of likely N-dealkylation sites (N-methyl/N-ethyl adjacent to an activating group) is 1.